The number of carbonyl (C=O) groups excluding carboxylic acids is 1. The quantitative estimate of drug-likeness (QED) is 0.830. The third kappa shape index (κ3) is 4.43. The van der Waals surface area contributed by atoms with Gasteiger partial charge >= 0.3 is 0 Å². The molecule has 0 aromatic carbocycles. The molecule has 3 heterocycles. The van der Waals surface area contributed by atoms with E-state index >= 15 is 0 Å². The molecule has 2 fully saturated rings. The molecule has 0 bridgehead atoms. The Hall–Kier alpha value is -1.38. The monoisotopic (exact) mass is 365 g/mol. The highest BCUT2D eigenvalue weighted by Gasteiger charge is 2.34. The van der Waals surface area contributed by atoms with Crippen molar-refractivity contribution in [2.45, 2.75) is 30.2 Å². The number of nitrogens with zero attached hydrogens (tertiary/aromatic N) is 4. The molecule has 2 aliphatic heterocycles. The van der Waals surface area contributed by atoms with Crippen LogP contribution >= 0.6 is 11.8 Å². The predicted molar refractivity (Wildman–Crippen MR) is 100 cm³/mol. The SMILES string of the molecule is CS[C@@H]1CN(c2ccc(C(=O)NC3CCOCC3)nn2)C[C@H]1N(C)C. The van der Waals surface area contributed by atoms with E-state index in [1.165, 1.54) is 0 Å². The number of hydrogen-bond donors (Lipinski definition) is 1. The fourth-order valence-corrected chi connectivity index (χ4v) is 4.36. The van der Waals surface area contributed by atoms with Crippen LogP contribution in [-0.4, -0.2) is 85.0 Å². The lowest BCUT2D eigenvalue weighted by Gasteiger charge is -2.23. The van der Waals surface area contributed by atoms with Crippen LogP contribution in [0.5, 0.6) is 0 Å². The standard InChI is InChI=1S/C17H27N5O2S/c1-21(2)14-10-22(11-15(14)25-3)16-5-4-13(19-20-16)17(23)18-12-6-8-24-9-7-12/h4-5,12,14-15H,6-11H2,1-3H3,(H,18,23)/t14-,15-/m1/s1. The summed E-state index contributed by atoms with van der Waals surface area (Å²) in [5.41, 5.74) is 0.375. The highest BCUT2D eigenvalue weighted by Crippen LogP contribution is 2.27. The number of aromatic nitrogens is 2. The Balaban J connectivity index is 1.61. The van der Waals surface area contributed by atoms with E-state index in [1.54, 1.807) is 6.07 Å². The maximum Gasteiger partial charge on any atom is 0.272 e. The van der Waals surface area contributed by atoms with Gasteiger partial charge in [-0.3, -0.25) is 4.79 Å². The van der Waals surface area contributed by atoms with Gasteiger partial charge in [-0.05, 0) is 45.3 Å². The number of amides is 1. The Morgan fingerprint density at radius 1 is 1.28 bits per heavy atom. The summed E-state index contributed by atoms with van der Waals surface area (Å²) >= 11 is 1.89. The van der Waals surface area contributed by atoms with Crippen molar-refractivity contribution in [2.24, 2.45) is 0 Å². The summed E-state index contributed by atoms with van der Waals surface area (Å²) in [6, 6.07) is 4.34. The summed E-state index contributed by atoms with van der Waals surface area (Å²) in [5, 5.41) is 12.0. The highest BCUT2D eigenvalue weighted by atomic mass is 32.2. The van der Waals surface area contributed by atoms with Gasteiger partial charge < -0.3 is 19.9 Å². The van der Waals surface area contributed by atoms with Crippen molar-refractivity contribution in [1.82, 2.24) is 20.4 Å². The molecule has 2 atom stereocenters. The number of anilines is 1. The van der Waals surface area contributed by atoms with Gasteiger partial charge in [0.05, 0.1) is 0 Å². The lowest BCUT2D eigenvalue weighted by molar-refractivity contribution is 0.0693. The summed E-state index contributed by atoms with van der Waals surface area (Å²) in [4.78, 5) is 16.8. The molecule has 0 saturated carbocycles. The molecule has 0 unspecified atom stereocenters. The zero-order chi connectivity index (χ0) is 17.8. The van der Waals surface area contributed by atoms with Crippen LogP contribution in [0.4, 0.5) is 5.82 Å². The summed E-state index contributed by atoms with van der Waals surface area (Å²) < 4.78 is 5.31. The number of likely N-dealkylation sites (N-methyl/N-ethyl adjacent to an activating group) is 1. The molecule has 1 amide bonds. The maximum atomic E-state index is 12.3. The van der Waals surface area contributed by atoms with Gasteiger partial charge in [-0.2, -0.15) is 11.8 Å². The molecule has 7 nitrogen and oxygen atoms in total. The number of nitrogens with one attached hydrogen (secondary N) is 1. The van der Waals surface area contributed by atoms with Crippen molar-refractivity contribution in [1.29, 1.82) is 0 Å². The molecule has 0 aliphatic carbocycles. The van der Waals surface area contributed by atoms with E-state index in [0.717, 1.165) is 31.7 Å². The van der Waals surface area contributed by atoms with E-state index in [2.05, 4.69) is 45.7 Å². The fourth-order valence-electron chi connectivity index (χ4n) is 3.39. The first-order chi connectivity index (χ1) is 12.1. The molecule has 1 aromatic heterocycles. The van der Waals surface area contributed by atoms with E-state index in [4.69, 9.17) is 4.74 Å². The molecule has 1 N–H and O–H groups in total. The Morgan fingerprint density at radius 2 is 2.04 bits per heavy atom. The zero-order valence-corrected chi connectivity index (χ0v) is 16.0. The maximum absolute atomic E-state index is 12.3. The number of carbonyl (C=O) groups is 1. The van der Waals surface area contributed by atoms with Crippen molar-refractivity contribution in [3.05, 3.63) is 17.8 Å². The van der Waals surface area contributed by atoms with Gasteiger partial charge in [-0.25, -0.2) is 0 Å². The van der Waals surface area contributed by atoms with Gasteiger partial charge in [0, 0.05) is 43.6 Å². The molecule has 138 valence electrons. The first-order valence-corrected chi connectivity index (χ1v) is 10.0. The molecule has 0 radical (unpaired) electrons. The lowest BCUT2D eigenvalue weighted by atomic mass is 10.1. The molecule has 25 heavy (non-hydrogen) atoms. The van der Waals surface area contributed by atoms with Crippen LogP contribution in [-0.2, 0) is 4.74 Å². The molecule has 1 aromatic rings. The second-order valence-electron chi connectivity index (χ2n) is 6.85. The van der Waals surface area contributed by atoms with Crippen LogP contribution in [0, 0.1) is 0 Å². The van der Waals surface area contributed by atoms with Crippen LogP contribution in [0.15, 0.2) is 12.1 Å². The smallest absolute Gasteiger partial charge is 0.272 e. The van der Waals surface area contributed by atoms with E-state index in [-0.39, 0.29) is 11.9 Å². The van der Waals surface area contributed by atoms with E-state index < -0.39 is 0 Å². The molecule has 2 aliphatic rings. The largest absolute Gasteiger partial charge is 0.381 e. The van der Waals surface area contributed by atoms with Crippen molar-refractivity contribution in [3.63, 3.8) is 0 Å². The molecular formula is C17H27N5O2S. The van der Waals surface area contributed by atoms with Crippen LogP contribution in [0.3, 0.4) is 0 Å². The van der Waals surface area contributed by atoms with Crippen molar-refractivity contribution < 1.29 is 9.53 Å². The lowest BCUT2D eigenvalue weighted by Crippen LogP contribution is -2.39. The number of rotatable bonds is 5. The first-order valence-electron chi connectivity index (χ1n) is 8.75. The predicted octanol–water partition coefficient (Wildman–Crippen LogP) is 0.867. The van der Waals surface area contributed by atoms with E-state index in [0.29, 0.717) is 30.2 Å². The summed E-state index contributed by atoms with van der Waals surface area (Å²) in [6.07, 6.45) is 3.86. The number of ether oxygens (including phenoxy) is 1. The van der Waals surface area contributed by atoms with Crippen LogP contribution < -0.4 is 10.2 Å². The second-order valence-corrected chi connectivity index (χ2v) is 7.92. The van der Waals surface area contributed by atoms with Gasteiger partial charge in [-0.1, -0.05) is 0 Å². The summed E-state index contributed by atoms with van der Waals surface area (Å²) in [5.74, 6) is 0.687. The summed E-state index contributed by atoms with van der Waals surface area (Å²) in [6.45, 7) is 3.29. The second kappa shape index (κ2) is 8.33. The molecule has 0 spiro atoms. The Bertz CT molecular complexity index is 577. The van der Waals surface area contributed by atoms with Crippen LogP contribution in [0.1, 0.15) is 23.3 Å². The van der Waals surface area contributed by atoms with Crippen molar-refractivity contribution >= 4 is 23.5 Å². The highest BCUT2D eigenvalue weighted by molar-refractivity contribution is 7.99. The zero-order valence-electron chi connectivity index (χ0n) is 15.1. The number of thioether (sulfide) groups is 1. The minimum Gasteiger partial charge on any atom is -0.381 e. The third-order valence-corrected chi connectivity index (χ3v) is 6.04. The van der Waals surface area contributed by atoms with Gasteiger partial charge in [0.25, 0.3) is 5.91 Å². The van der Waals surface area contributed by atoms with Crippen LogP contribution in [0.25, 0.3) is 0 Å². The van der Waals surface area contributed by atoms with Gasteiger partial charge in [0.15, 0.2) is 11.5 Å². The van der Waals surface area contributed by atoms with Gasteiger partial charge in [0.2, 0.25) is 0 Å². The normalized spacial score (nSPS) is 24.7. The fraction of sp³-hybridized carbons (Fsp3) is 0.706. The van der Waals surface area contributed by atoms with Gasteiger partial charge in [0.1, 0.15) is 0 Å². The first kappa shape index (κ1) is 18.4. The Labute approximate surface area is 153 Å². The third-order valence-electron chi connectivity index (χ3n) is 4.97. The van der Waals surface area contributed by atoms with Crippen LogP contribution in [0.2, 0.25) is 0 Å². The Kier molecular flexibility index (Phi) is 6.14. The molecular weight excluding hydrogens is 338 g/mol. The summed E-state index contributed by atoms with van der Waals surface area (Å²) in [7, 11) is 4.24. The molecule has 3 rings (SSSR count). The van der Waals surface area contributed by atoms with Crippen molar-refractivity contribution in [2.75, 3.05) is 51.6 Å². The van der Waals surface area contributed by atoms with E-state index in [1.807, 2.05) is 17.8 Å². The molecule has 2 saturated heterocycles. The van der Waals surface area contributed by atoms with Crippen molar-refractivity contribution in [3.8, 4) is 0 Å². The van der Waals surface area contributed by atoms with E-state index in [9.17, 15) is 4.79 Å². The average Bonchev–Trinajstić information content (AvgIpc) is 3.07. The molecule has 8 heteroatoms. The minimum absolute atomic E-state index is 0.152. The topological polar surface area (TPSA) is 70.6 Å². The average molecular weight is 366 g/mol. The Morgan fingerprint density at radius 3 is 2.60 bits per heavy atom. The van der Waals surface area contributed by atoms with Gasteiger partial charge in [-0.15, -0.1) is 10.2 Å². The number of hydrogen-bond acceptors (Lipinski definition) is 7. The minimum atomic E-state index is -0.152.